The lowest BCUT2D eigenvalue weighted by atomic mass is 10.0. The average Bonchev–Trinajstić information content (AvgIpc) is 2.51. The third kappa shape index (κ3) is 6.93. The molecule has 2 aromatic carbocycles. The van der Waals surface area contributed by atoms with E-state index in [2.05, 4.69) is 0 Å². The van der Waals surface area contributed by atoms with E-state index in [9.17, 15) is 13.2 Å². The van der Waals surface area contributed by atoms with Gasteiger partial charge in [0.1, 0.15) is 12.4 Å². The summed E-state index contributed by atoms with van der Waals surface area (Å²) < 4.78 is 42.4. The third-order valence-electron chi connectivity index (χ3n) is 3.27. The molecular weight excluding hydrogens is 327 g/mol. The predicted octanol–water partition coefficient (Wildman–Crippen LogP) is 5.03. The number of ether oxygens (including phenoxy) is 1. The largest absolute Gasteiger partial charge is 0.489 e. The van der Waals surface area contributed by atoms with Crippen molar-refractivity contribution in [2.24, 2.45) is 5.73 Å². The van der Waals surface area contributed by atoms with Gasteiger partial charge >= 0.3 is 6.18 Å². The molecule has 0 aliphatic carbocycles. The molecule has 0 bridgehead atoms. The van der Waals surface area contributed by atoms with Crippen LogP contribution < -0.4 is 10.5 Å². The van der Waals surface area contributed by atoms with Crippen molar-refractivity contribution in [3.8, 4) is 5.75 Å². The summed E-state index contributed by atoms with van der Waals surface area (Å²) in [4.78, 5) is 0. The molecule has 0 aromatic heterocycles. The molecule has 0 radical (unpaired) electrons. The molecule has 0 saturated heterocycles. The highest BCUT2D eigenvalue weighted by molar-refractivity contribution is 5.85. The molecule has 2 aromatic rings. The van der Waals surface area contributed by atoms with Gasteiger partial charge in [-0.2, -0.15) is 13.2 Å². The standard InChI is InChI=1S/C17H18F3NO.ClH/c18-17(19,20)10-9-16(21)14-7-4-8-15(11-14)22-12-13-5-2-1-3-6-13;/h1-8,11,16H,9-10,12,21H2;1H/t16-;/m0./s1. The Morgan fingerprint density at radius 3 is 2.35 bits per heavy atom. The van der Waals surface area contributed by atoms with Gasteiger partial charge < -0.3 is 10.5 Å². The molecule has 2 nitrogen and oxygen atoms in total. The number of hydrogen-bond acceptors (Lipinski definition) is 2. The van der Waals surface area contributed by atoms with E-state index in [-0.39, 0.29) is 18.8 Å². The van der Waals surface area contributed by atoms with E-state index in [4.69, 9.17) is 10.5 Å². The Bertz CT molecular complexity index is 590. The molecule has 23 heavy (non-hydrogen) atoms. The topological polar surface area (TPSA) is 35.2 Å². The smallest absolute Gasteiger partial charge is 0.389 e. The van der Waals surface area contributed by atoms with Crippen LogP contribution in [0.1, 0.15) is 30.0 Å². The molecular formula is C17H19ClF3NO. The molecule has 0 spiro atoms. The quantitative estimate of drug-likeness (QED) is 0.797. The first-order valence-electron chi connectivity index (χ1n) is 7.03. The molecule has 0 aliphatic rings. The highest BCUT2D eigenvalue weighted by Crippen LogP contribution is 2.27. The summed E-state index contributed by atoms with van der Waals surface area (Å²) in [5, 5.41) is 0. The van der Waals surface area contributed by atoms with Gasteiger partial charge in [-0.25, -0.2) is 0 Å². The minimum atomic E-state index is -4.18. The molecule has 6 heteroatoms. The van der Waals surface area contributed by atoms with Crippen LogP contribution in [0.2, 0.25) is 0 Å². The Labute approximate surface area is 139 Å². The van der Waals surface area contributed by atoms with Crippen molar-refractivity contribution in [2.45, 2.75) is 31.7 Å². The first-order valence-corrected chi connectivity index (χ1v) is 7.03. The highest BCUT2D eigenvalue weighted by Gasteiger charge is 2.27. The van der Waals surface area contributed by atoms with Crippen LogP contribution in [-0.2, 0) is 6.61 Å². The van der Waals surface area contributed by atoms with E-state index in [0.29, 0.717) is 17.9 Å². The highest BCUT2D eigenvalue weighted by atomic mass is 35.5. The van der Waals surface area contributed by atoms with Gasteiger partial charge in [-0.05, 0) is 29.7 Å². The van der Waals surface area contributed by atoms with Gasteiger partial charge in [0.2, 0.25) is 0 Å². The maximum Gasteiger partial charge on any atom is 0.389 e. The van der Waals surface area contributed by atoms with Gasteiger partial charge in [0.05, 0.1) is 0 Å². The van der Waals surface area contributed by atoms with Crippen molar-refractivity contribution < 1.29 is 17.9 Å². The van der Waals surface area contributed by atoms with Crippen LogP contribution in [0.25, 0.3) is 0 Å². The van der Waals surface area contributed by atoms with Gasteiger partial charge in [0.15, 0.2) is 0 Å². The monoisotopic (exact) mass is 345 g/mol. The molecule has 0 fully saturated rings. The van der Waals surface area contributed by atoms with E-state index in [1.165, 1.54) is 0 Å². The van der Waals surface area contributed by atoms with Gasteiger partial charge in [-0.15, -0.1) is 12.4 Å². The maximum atomic E-state index is 12.2. The predicted molar refractivity (Wildman–Crippen MR) is 86.7 cm³/mol. The lowest BCUT2D eigenvalue weighted by Gasteiger charge is -2.15. The van der Waals surface area contributed by atoms with E-state index in [1.54, 1.807) is 24.3 Å². The molecule has 2 rings (SSSR count). The molecule has 0 unspecified atom stereocenters. The lowest BCUT2D eigenvalue weighted by Crippen LogP contribution is -2.15. The first-order chi connectivity index (χ1) is 10.4. The molecule has 0 saturated carbocycles. The van der Waals surface area contributed by atoms with E-state index < -0.39 is 18.6 Å². The summed E-state index contributed by atoms with van der Waals surface area (Å²) in [6.45, 7) is 0.405. The SMILES string of the molecule is Cl.N[C@@H](CCC(F)(F)F)c1cccc(OCc2ccccc2)c1. The molecule has 1 atom stereocenters. The van der Waals surface area contributed by atoms with E-state index in [0.717, 1.165) is 5.56 Å². The fraction of sp³-hybridized carbons (Fsp3) is 0.294. The van der Waals surface area contributed by atoms with Gasteiger partial charge in [-0.3, -0.25) is 0 Å². The Balaban J connectivity index is 0.00000264. The summed E-state index contributed by atoms with van der Waals surface area (Å²) in [5.41, 5.74) is 7.49. The summed E-state index contributed by atoms with van der Waals surface area (Å²) >= 11 is 0. The fourth-order valence-corrected chi connectivity index (χ4v) is 2.06. The third-order valence-corrected chi connectivity index (χ3v) is 3.27. The molecule has 126 valence electrons. The minimum absolute atomic E-state index is 0. The molecule has 0 heterocycles. The van der Waals surface area contributed by atoms with Crippen LogP contribution in [0.3, 0.4) is 0 Å². The zero-order chi connectivity index (χ0) is 16.0. The number of nitrogens with two attached hydrogens (primary N) is 1. The minimum Gasteiger partial charge on any atom is -0.489 e. The van der Waals surface area contributed by atoms with Crippen molar-refractivity contribution >= 4 is 12.4 Å². The van der Waals surface area contributed by atoms with Crippen LogP contribution >= 0.6 is 12.4 Å². The fourth-order valence-electron chi connectivity index (χ4n) is 2.06. The van der Waals surface area contributed by atoms with Gasteiger partial charge in [-0.1, -0.05) is 42.5 Å². The lowest BCUT2D eigenvalue weighted by molar-refractivity contribution is -0.136. The van der Waals surface area contributed by atoms with Crippen molar-refractivity contribution in [1.29, 1.82) is 0 Å². The molecule has 0 amide bonds. The average molecular weight is 346 g/mol. The summed E-state index contributed by atoms with van der Waals surface area (Å²) in [6, 6.07) is 15.9. The molecule has 2 N–H and O–H groups in total. The maximum absolute atomic E-state index is 12.2. The number of rotatable bonds is 6. The van der Waals surface area contributed by atoms with Crippen molar-refractivity contribution in [2.75, 3.05) is 0 Å². The van der Waals surface area contributed by atoms with Crippen molar-refractivity contribution in [1.82, 2.24) is 0 Å². The van der Waals surface area contributed by atoms with E-state index in [1.807, 2.05) is 30.3 Å². The second-order valence-electron chi connectivity index (χ2n) is 5.11. The zero-order valence-corrected chi connectivity index (χ0v) is 13.2. The summed E-state index contributed by atoms with van der Waals surface area (Å²) in [7, 11) is 0. The Kier molecular flexibility index (Phi) is 7.39. The Morgan fingerprint density at radius 2 is 1.70 bits per heavy atom. The summed E-state index contributed by atoms with van der Waals surface area (Å²) in [6.07, 6.45) is -5.20. The van der Waals surface area contributed by atoms with Crippen LogP contribution in [0.5, 0.6) is 5.75 Å². The van der Waals surface area contributed by atoms with Gasteiger partial charge in [0, 0.05) is 12.5 Å². The first kappa shape index (κ1) is 19.3. The van der Waals surface area contributed by atoms with Crippen LogP contribution in [-0.4, -0.2) is 6.18 Å². The summed E-state index contributed by atoms with van der Waals surface area (Å²) in [5.74, 6) is 0.601. The Morgan fingerprint density at radius 1 is 1.00 bits per heavy atom. The Hall–Kier alpha value is -1.72. The van der Waals surface area contributed by atoms with Crippen LogP contribution in [0, 0.1) is 0 Å². The second-order valence-corrected chi connectivity index (χ2v) is 5.11. The zero-order valence-electron chi connectivity index (χ0n) is 12.4. The number of alkyl halides is 3. The van der Waals surface area contributed by atoms with Crippen molar-refractivity contribution in [3.63, 3.8) is 0 Å². The normalized spacial score (nSPS) is 12.3. The van der Waals surface area contributed by atoms with Crippen LogP contribution in [0.15, 0.2) is 54.6 Å². The van der Waals surface area contributed by atoms with Crippen molar-refractivity contribution in [3.05, 3.63) is 65.7 Å². The second kappa shape index (κ2) is 8.79. The van der Waals surface area contributed by atoms with Crippen LogP contribution in [0.4, 0.5) is 13.2 Å². The number of benzene rings is 2. The number of halogens is 4. The van der Waals surface area contributed by atoms with Gasteiger partial charge in [0.25, 0.3) is 0 Å². The molecule has 0 aliphatic heterocycles. The number of hydrogen-bond donors (Lipinski definition) is 1. The van der Waals surface area contributed by atoms with E-state index >= 15 is 0 Å².